The van der Waals surface area contributed by atoms with Crippen molar-refractivity contribution >= 4 is 44.1 Å². The maximum atomic E-state index is 12.1. The number of aliphatic hydroxyl groups is 2. The highest BCUT2D eigenvalue weighted by Gasteiger charge is 2.18. The van der Waals surface area contributed by atoms with Gasteiger partial charge in [-0.15, -0.1) is 11.3 Å². The van der Waals surface area contributed by atoms with Crippen LogP contribution in [0.2, 0.25) is 0 Å². The third-order valence-electron chi connectivity index (χ3n) is 7.35. The summed E-state index contributed by atoms with van der Waals surface area (Å²) in [4.78, 5) is 22.8. The van der Waals surface area contributed by atoms with Crippen LogP contribution in [0.3, 0.4) is 0 Å². The van der Waals surface area contributed by atoms with E-state index in [1.165, 1.54) is 20.7 Å². The van der Waals surface area contributed by atoms with Gasteiger partial charge in [-0.25, -0.2) is 9.78 Å². The smallest absolute Gasteiger partial charge is 0.412 e. The molecule has 42 heavy (non-hydrogen) atoms. The van der Waals surface area contributed by atoms with Crippen LogP contribution < -0.4 is 14.4 Å². The molecule has 1 aliphatic rings. The Bertz CT molecular complexity index is 1440. The second-order valence-electron chi connectivity index (χ2n) is 10.1. The van der Waals surface area contributed by atoms with E-state index in [1.54, 1.807) is 17.4 Å². The number of unbranched alkanes of at least 4 members (excludes halogenated alkanes) is 1. The van der Waals surface area contributed by atoms with Crippen LogP contribution in [0, 0.1) is 0 Å². The molecule has 2 aromatic carbocycles. The van der Waals surface area contributed by atoms with Crippen molar-refractivity contribution in [3.8, 4) is 11.6 Å². The van der Waals surface area contributed by atoms with Crippen molar-refractivity contribution in [3.63, 3.8) is 0 Å². The summed E-state index contributed by atoms with van der Waals surface area (Å²) >= 11 is 1.80. The van der Waals surface area contributed by atoms with Gasteiger partial charge in [0.1, 0.15) is 5.75 Å². The van der Waals surface area contributed by atoms with E-state index in [0.29, 0.717) is 12.5 Å². The Kier molecular flexibility index (Phi) is 10.7. The van der Waals surface area contributed by atoms with Gasteiger partial charge < -0.3 is 34.2 Å². The molecular weight excluding hydrogens is 556 g/mol. The number of ether oxygens (including phenoxy) is 3. The van der Waals surface area contributed by atoms with Gasteiger partial charge in [0.25, 0.3) is 0 Å². The number of benzene rings is 2. The van der Waals surface area contributed by atoms with Crippen LogP contribution in [0.1, 0.15) is 12.8 Å². The normalized spacial score (nSPS) is 13.9. The number of hydrogen-bond donors (Lipinski definition) is 2. The number of anilines is 1. The Morgan fingerprint density at radius 2 is 1.76 bits per heavy atom. The van der Waals surface area contributed by atoms with Gasteiger partial charge in [0.15, 0.2) is 0 Å². The number of thiophene rings is 1. The van der Waals surface area contributed by atoms with Gasteiger partial charge in [0, 0.05) is 72.6 Å². The van der Waals surface area contributed by atoms with Crippen molar-refractivity contribution < 1.29 is 29.2 Å². The molecule has 0 aliphatic carbocycles. The van der Waals surface area contributed by atoms with Gasteiger partial charge in [-0.1, -0.05) is 6.07 Å². The Morgan fingerprint density at radius 3 is 2.57 bits per heavy atom. The van der Waals surface area contributed by atoms with E-state index < -0.39 is 6.09 Å². The van der Waals surface area contributed by atoms with Crippen molar-refractivity contribution in [2.75, 3.05) is 77.3 Å². The van der Waals surface area contributed by atoms with Gasteiger partial charge in [-0.05, 0) is 61.2 Å². The van der Waals surface area contributed by atoms with Crippen LogP contribution in [0.4, 0.5) is 10.5 Å². The Hall–Kier alpha value is -3.64. The highest BCUT2D eigenvalue weighted by atomic mass is 32.1. The molecule has 11 heteroatoms. The van der Waals surface area contributed by atoms with Gasteiger partial charge in [0.2, 0.25) is 12.7 Å². The molecule has 0 radical (unpaired) electrons. The Labute approximate surface area is 249 Å². The number of piperazine rings is 1. The molecule has 0 spiro atoms. The number of carbonyl (C=O) groups excluding carboxylic acids is 1. The maximum absolute atomic E-state index is 12.1. The van der Waals surface area contributed by atoms with Crippen molar-refractivity contribution in [2.45, 2.75) is 12.8 Å². The standard InChI is InChI=1S/C31H38N4O6S/c36-18-16-35(17-19-37)31(38)41-23-40-30-9-7-24-6-8-25(22-27(24)32-30)39-20-2-1-11-33-12-14-34(15-13-33)28-4-3-5-29-26(28)10-21-42-29/h3-10,21-22,36-37H,1-2,11-20,23H2. The first kappa shape index (κ1) is 29.8. The number of aliphatic hydroxyl groups excluding tert-OH is 2. The first-order valence-electron chi connectivity index (χ1n) is 14.4. The Balaban J connectivity index is 1.02. The number of hydrogen-bond acceptors (Lipinski definition) is 10. The minimum absolute atomic E-state index is 0.0705. The summed E-state index contributed by atoms with van der Waals surface area (Å²) in [6.07, 6.45) is 1.37. The zero-order valence-corrected chi connectivity index (χ0v) is 24.5. The molecule has 2 aromatic heterocycles. The van der Waals surface area contributed by atoms with Crippen LogP contribution in [-0.2, 0) is 4.74 Å². The number of aromatic nitrogens is 1. The SMILES string of the molecule is O=C(OCOc1ccc2ccc(OCCCCN3CCN(c4cccc5sccc45)CC3)cc2n1)N(CCO)CCO. The van der Waals surface area contributed by atoms with Crippen LogP contribution in [0.25, 0.3) is 21.0 Å². The minimum atomic E-state index is -0.677. The lowest BCUT2D eigenvalue weighted by Crippen LogP contribution is -2.46. The largest absolute Gasteiger partial charge is 0.494 e. The van der Waals surface area contributed by atoms with Crippen LogP contribution in [-0.4, -0.2) is 104 Å². The molecule has 1 amide bonds. The van der Waals surface area contributed by atoms with Crippen molar-refractivity contribution in [1.82, 2.24) is 14.8 Å². The van der Waals surface area contributed by atoms with Crippen LogP contribution in [0.15, 0.2) is 60.0 Å². The number of fused-ring (bicyclic) bond motifs is 2. The highest BCUT2D eigenvalue weighted by Crippen LogP contribution is 2.31. The first-order valence-corrected chi connectivity index (χ1v) is 15.3. The minimum Gasteiger partial charge on any atom is -0.494 e. The molecule has 224 valence electrons. The van der Waals surface area contributed by atoms with Crippen molar-refractivity contribution in [3.05, 3.63) is 60.0 Å². The number of pyridine rings is 1. The van der Waals surface area contributed by atoms with Gasteiger partial charge >= 0.3 is 6.09 Å². The molecule has 5 rings (SSSR count). The molecular formula is C31H38N4O6S. The van der Waals surface area contributed by atoms with E-state index in [9.17, 15) is 4.79 Å². The first-order chi connectivity index (χ1) is 20.6. The lowest BCUT2D eigenvalue weighted by molar-refractivity contribution is 0.0269. The molecule has 3 heterocycles. The summed E-state index contributed by atoms with van der Waals surface area (Å²) in [5, 5.41) is 22.6. The lowest BCUT2D eigenvalue weighted by Gasteiger charge is -2.36. The third-order valence-corrected chi connectivity index (χ3v) is 8.23. The number of amides is 1. The number of nitrogens with zero attached hydrogens (tertiary/aromatic N) is 4. The molecule has 0 atom stereocenters. The zero-order chi connectivity index (χ0) is 29.1. The molecule has 0 saturated carbocycles. The predicted octanol–water partition coefficient (Wildman–Crippen LogP) is 4.19. The van der Waals surface area contributed by atoms with Gasteiger partial charge in [-0.2, -0.15) is 0 Å². The molecule has 1 fully saturated rings. The molecule has 4 aromatic rings. The average Bonchev–Trinajstić information content (AvgIpc) is 3.50. The second kappa shape index (κ2) is 15.0. The summed E-state index contributed by atoms with van der Waals surface area (Å²) < 4.78 is 17.9. The van der Waals surface area contributed by atoms with E-state index in [4.69, 9.17) is 24.4 Å². The van der Waals surface area contributed by atoms with Crippen LogP contribution in [0.5, 0.6) is 11.6 Å². The average molecular weight is 595 g/mol. The fourth-order valence-electron chi connectivity index (χ4n) is 5.11. The van der Waals surface area contributed by atoms with Crippen molar-refractivity contribution in [2.24, 2.45) is 0 Å². The Morgan fingerprint density at radius 1 is 0.952 bits per heavy atom. The number of carbonyl (C=O) groups is 1. The van der Waals surface area contributed by atoms with Gasteiger partial charge in [-0.3, -0.25) is 4.90 Å². The molecule has 0 bridgehead atoms. The van der Waals surface area contributed by atoms with E-state index in [2.05, 4.69) is 44.4 Å². The topological polar surface area (TPSA) is 108 Å². The quantitative estimate of drug-likeness (QED) is 0.164. The fraction of sp³-hybridized carbons (Fsp3) is 0.419. The monoisotopic (exact) mass is 594 g/mol. The van der Waals surface area contributed by atoms with E-state index in [1.807, 2.05) is 24.3 Å². The summed E-state index contributed by atoms with van der Waals surface area (Å²) in [5.74, 6) is 1.06. The van der Waals surface area contributed by atoms with Gasteiger partial charge in [0.05, 0.1) is 25.3 Å². The molecule has 2 N–H and O–H groups in total. The van der Waals surface area contributed by atoms with E-state index in [0.717, 1.165) is 62.2 Å². The summed E-state index contributed by atoms with van der Waals surface area (Å²) in [5.41, 5.74) is 2.07. The number of rotatable bonds is 14. The fourth-order valence-corrected chi connectivity index (χ4v) is 5.92. The predicted molar refractivity (Wildman–Crippen MR) is 165 cm³/mol. The molecule has 10 nitrogen and oxygen atoms in total. The third kappa shape index (κ3) is 7.80. The van der Waals surface area contributed by atoms with Crippen LogP contribution >= 0.6 is 11.3 Å². The molecule has 1 saturated heterocycles. The summed E-state index contributed by atoms with van der Waals surface area (Å²) in [7, 11) is 0. The second-order valence-corrected chi connectivity index (χ2v) is 11.1. The molecule has 1 aliphatic heterocycles. The summed E-state index contributed by atoms with van der Waals surface area (Å²) in [6, 6.07) is 18.2. The van der Waals surface area contributed by atoms with E-state index >= 15 is 0 Å². The summed E-state index contributed by atoms with van der Waals surface area (Å²) in [6.45, 7) is 5.32. The van der Waals surface area contributed by atoms with Crippen molar-refractivity contribution in [1.29, 1.82) is 0 Å². The highest BCUT2D eigenvalue weighted by molar-refractivity contribution is 7.17. The lowest BCUT2D eigenvalue weighted by atomic mass is 10.2. The molecule has 0 unspecified atom stereocenters. The maximum Gasteiger partial charge on any atom is 0.412 e. The zero-order valence-electron chi connectivity index (χ0n) is 23.7. The van der Waals surface area contributed by atoms with E-state index in [-0.39, 0.29) is 33.1 Å².